The predicted octanol–water partition coefficient (Wildman–Crippen LogP) is 2.74. The van der Waals surface area contributed by atoms with Crippen LogP contribution in [0.3, 0.4) is 0 Å². The number of hydrogen-bond acceptors (Lipinski definition) is 2. The molecule has 0 aromatic carbocycles. The van der Waals surface area contributed by atoms with Crippen LogP contribution < -0.4 is 0 Å². The molecule has 0 unspecified atom stereocenters. The van der Waals surface area contributed by atoms with Gasteiger partial charge in [0.2, 0.25) is 0 Å². The minimum absolute atomic E-state index is 0.0822. The van der Waals surface area contributed by atoms with Crippen molar-refractivity contribution in [3.63, 3.8) is 0 Å². The number of ether oxygens (including phenoxy) is 2. The Labute approximate surface area is 75.6 Å². The summed E-state index contributed by atoms with van der Waals surface area (Å²) < 4.78 is 10.5. The van der Waals surface area contributed by atoms with Crippen LogP contribution in [-0.2, 0) is 9.47 Å². The Morgan fingerprint density at radius 2 is 1.92 bits per heavy atom. The minimum atomic E-state index is -0.0822. The second-order valence-corrected chi connectivity index (χ2v) is 2.62. The average molecular weight is 172 g/mol. The Hall–Kier alpha value is -0.340. The van der Waals surface area contributed by atoms with Crippen molar-refractivity contribution in [1.29, 1.82) is 0 Å². The van der Waals surface area contributed by atoms with Crippen LogP contribution in [-0.4, -0.2) is 19.5 Å². The van der Waals surface area contributed by atoms with Crippen molar-refractivity contribution in [2.45, 2.75) is 39.9 Å². The fraction of sp³-hybridized carbons (Fsp3) is 0.800. The van der Waals surface area contributed by atoms with Crippen molar-refractivity contribution in [2.24, 2.45) is 0 Å². The molecule has 1 atom stereocenters. The van der Waals surface area contributed by atoms with Gasteiger partial charge in [-0.25, -0.2) is 0 Å². The zero-order valence-electron chi connectivity index (χ0n) is 8.38. The lowest BCUT2D eigenvalue weighted by Crippen LogP contribution is -2.12. The van der Waals surface area contributed by atoms with Crippen molar-refractivity contribution in [3.05, 3.63) is 12.2 Å². The van der Waals surface area contributed by atoms with Gasteiger partial charge in [0.15, 0.2) is 6.29 Å². The molecule has 0 radical (unpaired) electrons. The molecule has 0 fully saturated rings. The Bertz CT molecular complexity index is 110. The van der Waals surface area contributed by atoms with Gasteiger partial charge in [-0.1, -0.05) is 25.5 Å². The highest BCUT2D eigenvalue weighted by Gasteiger charge is 1.96. The van der Waals surface area contributed by atoms with Crippen molar-refractivity contribution in [1.82, 2.24) is 0 Å². The van der Waals surface area contributed by atoms with E-state index >= 15 is 0 Å². The van der Waals surface area contributed by atoms with Crippen LogP contribution in [0.5, 0.6) is 0 Å². The molecule has 0 heterocycles. The third kappa shape index (κ3) is 7.76. The van der Waals surface area contributed by atoms with E-state index in [2.05, 4.69) is 13.0 Å². The van der Waals surface area contributed by atoms with Gasteiger partial charge in [-0.3, -0.25) is 0 Å². The first kappa shape index (κ1) is 11.7. The zero-order valence-corrected chi connectivity index (χ0v) is 8.38. The monoisotopic (exact) mass is 172 g/mol. The number of hydrogen-bond donors (Lipinski definition) is 0. The molecular formula is C10H20O2. The standard InChI is InChI=1S/C10H20O2/c1-4-6-7-8-9-12-10(3)11-5-2/h7-8,10H,4-6,9H2,1-3H3/b8-7+/t10-/m0/s1. The fourth-order valence-corrected chi connectivity index (χ4v) is 0.826. The minimum Gasteiger partial charge on any atom is -0.353 e. The van der Waals surface area contributed by atoms with Gasteiger partial charge in [0.1, 0.15) is 0 Å². The molecule has 0 saturated carbocycles. The van der Waals surface area contributed by atoms with Crippen LogP contribution in [0.2, 0.25) is 0 Å². The molecule has 2 heteroatoms. The van der Waals surface area contributed by atoms with Crippen LogP contribution in [0.15, 0.2) is 12.2 Å². The molecule has 72 valence electrons. The van der Waals surface area contributed by atoms with Crippen molar-refractivity contribution in [3.8, 4) is 0 Å². The highest BCUT2D eigenvalue weighted by atomic mass is 16.7. The summed E-state index contributed by atoms with van der Waals surface area (Å²) in [6.07, 6.45) is 6.42. The average Bonchev–Trinajstić information content (AvgIpc) is 2.05. The normalized spacial score (nSPS) is 13.9. The second-order valence-electron chi connectivity index (χ2n) is 2.62. The van der Waals surface area contributed by atoms with Crippen molar-refractivity contribution < 1.29 is 9.47 Å². The largest absolute Gasteiger partial charge is 0.353 e. The lowest BCUT2D eigenvalue weighted by Gasteiger charge is -2.10. The summed E-state index contributed by atoms with van der Waals surface area (Å²) >= 11 is 0. The Balaban J connectivity index is 3.17. The quantitative estimate of drug-likeness (QED) is 0.434. The maximum absolute atomic E-state index is 5.32. The molecule has 2 nitrogen and oxygen atoms in total. The van der Waals surface area contributed by atoms with Crippen molar-refractivity contribution in [2.75, 3.05) is 13.2 Å². The first-order valence-corrected chi connectivity index (χ1v) is 4.69. The predicted molar refractivity (Wildman–Crippen MR) is 51.1 cm³/mol. The molecule has 0 aliphatic heterocycles. The van der Waals surface area contributed by atoms with Crippen LogP contribution >= 0.6 is 0 Å². The summed E-state index contributed by atoms with van der Waals surface area (Å²) in [5.41, 5.74) is 0. The molecular weight excluding hydrogens is 152 g/mol. The molecule has 0 amide bonds. The third-order valence-electron chi connectivity index (χ3n) is 1.45. The molecule has 0 aliphatic rings. The molecule has 0 aromatic heterocycles. The van der Waals surface area contributed by atoms with Crippen LogP contribution in [0.25, 0.3) is 0 Å². The summed E-state index contributed by atoms with van der Waals surface area (Å²) in [6, 6.07) is 0. The van der Waals surface area contributed by atoms with E-state index in [1.807, 2.05) is 19.9 Å². The van der Waals surface area contributed by atoms with Gasteiger partial charge >= 0.3 is 0 Å². The van der Waals surface area contributed by atoms with E-state index in [4.69, 9.17) is 9.47 Å². The highest BCUT2D eigenvalue weighted by Crippen LogP contribution is 1.94. The number of unbranched alkanes of at least 4 members (excludes halogenated alkanes) is 1. The van der Waals surface area contributed by atoms with E-state index in [1.165, 1.54) is 6.42 Å². The SMILES string of the molecule is CCC/C=C/CO[C@@H](C)OCC. The smallest absolute Gasteiger partial charge is 0.155 e. The van der Waals surface area contributed by atoms with Crippen LogP contribution in [0.4, 0.5) is 0 Å². The summed E-state index contributed by atoms with van der Waals surface area (Å²) in [5.74, 6) is 0. The molecule has 0 bridgehead atoms. The summed E-state index contributed by atoms with van der Waals surface area (Å²) in [7, 11) is 0. The first-order valence-electron chi connectivity index (χ1n) is 4.69. The van der Waals surface area contributed by atoms with Gasteiger partial charge in [0.25, 0.3) is 0 Å². The number of rotatable bonds is 7. The lowest BCUT2D eigenvalue weighted by atomic mass is 10.3. The van der Waals surface area contributed by atoms with Gasteiger partial charge in [0, 0.05) is 6.61 Å². The molecule has 0 aliphatic carbocycles. The molecule has 0 spiro atoms. The van der Waals surface area contributed by atoms with E-state index in [1.54, 1.807) is 0 Å². The Morgan fingerprint density at radius 3 is 2.50 bits per heavy atom. The van der Waals surface area contributed by atoms with Crippen LogP contribution in [0.1, 0.15) is 33.6 Å². The topological polar surface area (TPSA) is 18.5 Å². The van der Waals surface area contributed by atoms with E-state index in [9.17, 15) is 0 Å². The summed E-state index contributed by atoms with van der Waals surface area (Å²) in [6.45, 7) is 7.40. The Kier molecular flexibility index (Phi) is 8.51. The van der Waals surface area contributed by atoms with E-state index < -0.39 is 0 Å². The van der Waals surface area contributed by atoms with Crippen LogP contribution in [0, 0.1) is 0 Å². The Morgan fingerprint density at radius 1 is 1.17 bits per heavy atom. The molecule has 0 aromatic rings. The van der Waals surface area contributed by atoms with Gasteiger partial charge in [-0.05, 0) is 20.3 Å². The maximum Gasteiger partial charge on any atom is 0.155 e. The van der Waals surface area contributed by atoms with Crippen molar-refractivity contribution >= 4 is 0 Å². The lowest BCUT2D eigenvalue weighted by molar-refractivity contribution is -0.118. The third-order valence-corrected chi connectivity index (χ3v) is 1.45. The number of allylic oxidation sites excluding steroid dienone is 1. The van der Waals surface area contributed by atoms with E-state index in [0.717, 1.165) is 6.42 Å². The maximum atomic E-state index is 5.32. The summed E-state index contributed by atoms with van der Waals surface area (Å²) in [4.78, 5) is 0. The van der Waals surface area contributed by atoms with Gasteiger partial charge in [-0.15, -0.1) is 0 Å². The first-order chi connectivity index (χ1) is 5.81. The molecule has 12 heavy (non-hydrogen) atoms. The van der Waals surface area contributed by atoms with Gasteiger partial charge in [0.05, 0.1) is 6.61 Å². The fourth-order valence-electron chi connectivity index (χ4n) is 0.826. The van der Waals surface area contributed by atoms with Gasteiger partial charge < -0.3 is 9.47 Å². The summed E-state index contributed by atoms with van der Waals surface area (Å²) in [5, 5.41) is 0. The molecule has 0 rings (SSSR count). The highest BCUT2D eigenvalue weighted by molar-refractivity contribution is 4.80. The second kappa shape index (κ2) is 8.75. The van der Waals surface area contributed by atoms with E-state index in [0.29, 0.717) is 13.2 Å². The zero-order chi connectivity index (χ0) is 9.23. The van der Waals surface area contributed by atoms with E-state index in [-0.39, 0.29) is 6.29 Å². The van der Waals surface area contributed by atoms with Gasteiger partial charge in [-0.2, -0.15) is 0 Å². The molecule has 0 saturated heterocycles. The molecule has 0 N–H and O–H groups in total.